The van der Waals surface area contributed by atoms with Crippen molar-refractivity contribution in [3.8, 4) is 0 Å². The highest BCUT2D eigenvalue weighted by atomic mass is 19.2. The SMILES string of the molecule is CCC(c1ccc(COC(C)=O)c(F)c1F)N(C)C(C)=O. The highest BCUT2D eigenvalue weighted by molar-refractivity contribution is 5.73. The first-order valence-electron chi connectivity index (χ1n) is 6.63. The average molecular weight is 299 g/mol. The molecule has 0 radical (unpaired) electrons. The number of halogens is 2. The van der Waals surface area contributed by atoms with E-state index in [2.05, 4.69) is 4.74 Å². The zero-order valence-corrected chi connectivity index (χ0v) is 12.6. The number of esters is 1. The van der Waals surface area contributed by atoms with Crippen molar-refractivity contribution in [2.75, 3.05) is 7.05 Å². The fraction of sp³-hybridized carbons (Fsp3) is 0.467. The van der Waals surface area contributed by atoms with E-state index in [4.69, 9.17) is 0 Å². The van der Waals surface area contributed by atoms with Crippen molar-refractivity contribution in [1.29, 1.82) is 0 Å². The van der Waals surface area contributed by atoms with Gasteiger partial charge in [-0.2, -0.15) is 0 Å². The molecule has 0 heterocycles. The first-order chi connectivity index (χ1) is 9.79. The Morgan fingerprint density at radius 3 is 2.33 bits per heavy atom. The van der Waals surface area contributed by atoms with E-state index in [1.165, 1.54) is 30.9 Å². The molecule has 1 amide bonds. The van der Waals surface area contributed by atoms with Gasteiger partial charge < -0.3 is 9.64 Å². The number of benzene rings is 1. The van der Waals surface area contributed by atoms with Gasteiger partial charge >= 0.3 is 5.97 Å². The number of carbonyl (C=O) groups is 2. The molecule has 0 fully saturated rings. The zero-order chi connectivity index (χ0) is 16.2. The van der Waals surface area contributed by atoms with Crippen LogP contribution >= 0.6 is 0 Å². The molecule has 0 aliphatic rings. The molecule has 1 aromatic carbocycles. The third kappa shape index (κ3) is 4.00. The molecule has 6 heteroatoms. The summed E-state index contributed by atoms with van der Waals surface area (Å²) in [6.45, 7) is 4.02. The van der Waals surface area contributed by atoms with E-state index in [-0.39, 0.29) is 23.6 Å². The van der Waals surface area contributed by atoms with Crippen LogP contribution < -0.4 is 0 Å². The van der Waals surface area contributed by atoms with Crippen molar-refractivity contribution in [1.82, 2.24) is 4.90 Å². The van der Waals surface area contributed by atoms with Crippen molar-refractivity contribution in [2.45, 2.75) is 39.8 Å². The molecule has 0 saturated heterocycles. The third-order valence-corrected chi connectivity index (χ3v) is 3.33. The Hall–Kier alpha value is -1.98. The number of rotatable bonds is 5. The highest BCUT2D eigenvalue weighted by Crippen LogP contribution is 2.28. The molecule has 0 N–H and O–H groups in total. The molecule has 1 aromatic rings. The van der Waals surface area contributed by atoms with Crippen LogP contribution in [-0.4, -0.2) is 23.8 Å². The molecular formula is C15H19F2NO3. The van der Waals surface area contributed by atoms with Crippen molar-refractivity contribution in [3.05, 3.63) is 34.9 Å². The predicted octanol–water partition coefficient (Wildman–Crippen LogP) is 2.96. The van der Waals surface area contributed by atoms with Crippen LogP contribution in [0.5, 0.6) is 0 Å². The molecule has 21 heavy (non-hydrogen) atoms. The van der Waals surface area contributed by atoms with Crippen LogP contribution in [0.25, 0.3) is 0 Å². The molecule has 0 spiro atoms. The Labute approximate surface area is 122 Å². The van der Waals surface area contributed by atoms with Gasteiger partial charge in [0, 0.05) is 32.0 Å². The second kappa shape index (κ2) is 7.15. The monoisotopic (exact) mass is 299 g/mol. The van der Waals surface area contributed by atoms with Crippen molar-refractivity contribution in [3.63, 3.8) is 0 Å². The van der Waals surface area contributed by atoms with Crippen LogP contribution in [0.1, 0.15) is 44.4 Å². The Bertz CT molecular complexity index is 546. The molecule has 0 bridgehead atoms. The van der Waals surface area contributed by atoms with E-state index in [0.29, 0.717) is 6.42 Å². The summed E-state index contributed by atoms with van der Waals surface area (Å²) in [7, 11) is 1.54. The Morgan fingerprint density at radius 1 is 1.24 bits per heavy atom. The predicted molar refractivity (Wildman–Crippen MR) is 73.3 cm³/mol. The molecule has 1 unspecified atom stereocenters. The van der Waals surface area contributed by atoms with Crippen LogP contribution in [-0.2, 0) is 20.9 Å². The number of ether oxygens (including phenoxy) is 1. The molecule has 116 valence electrons. The molecule has 0 saturated carbocycles. The van der Waals surface area contributed by atoms with Gasteiger partial charge in [-0.05, 0) is 6.42 Å². The molecule has 0 aliphatic heterocycles. The smallest absolute Gasteiger partial charge is 0.302 e. The highest BCUT2D eigenvalue weighted by Gasteiger charge is 2.24. The van der Waals surface area contributed by atoms with E-state index < -0.39 is 23.6 Å². The van der Waals surface area contributed by atoms with Crippen molar-refractivity contribution < 1.29 is 23.1 Å². The maximum absolute atomic E-state index is 14.2. The summed E-state index contributed by atoms with van der Waals surface area (Å²) in [5.41, 5.74) is 0.0751. The Morgan fingerprint density at radius 2 is 1.86 bits per heavy atom. The summed E-state index contributed by atoms with van der Waals surface area (Å²) < 4.78 is 32.9. The fourth-order valence-electron chi connectivity index (χ4n) is 2.07. The van der Waals surface area contributed by atoms with Crippen molar-refractivity contribution >= 4 is 11.9 Å². The Kier molecular flexibility index (Phi) is 5.81. The quantitative estimate of drug-likeness (QED) is 0.785. The molecule has 1 rings (SSSR count). The van der Waals surface area contributed by atoms with Gasteiger partial charge in [-0.25, -0.2) is 8.78 Å². The second-order valence-electron chi connectivity index (χ2n) is 4.78. The summed E-state index contributed by atoms with van der Waals surface area (Å²) in [6.07, 6.45) is 0.454. The van der Waals surface area contributed by atoms with E-state index >= 15 is 0 Å². The molecule has 0 aliphatic carbocycles. The molecular weight excluding hydrogens is 280 g/mol. The molecule has 4 nitrogen and oxygen atoms in total. The van der Waals surface area contributed by atoms with E-state index in [9.17, 15) is 18.4 Å². The van der Waals surface area contributed by atoms with Crippen LogP contribution in [0.4, 0.5) is 8.78 Å². The van der Waals surface area contributed by atoms with Gasteiger partial charge in [-0.15, -0.1) is 0 Å². The lowest BCUT2D eigenvalue weighted by Gasteiger charge is -2.27. The van der Waals surface area contributed by atoms with Gasteiger partial charge in [0.25, 0.3) is 0 Å². The topological polar surface area (TPSA) is 46.6 Å². The van der Waals surface area contributed by atoms with Crippen LogP contribution in [0.15, 0.2) is 12.1 Å². The minimum atomic E-state index is -1.05. The van der Waals surface area contributed by atoms with Gasteiger partial charge in [0.15, 0.2) is 11.6 Å². The standard InChI is InChI=1S/C15H19F2NO3/c1-5-13(18(4)9(2)19)12-7-6-11(8-21-10(3)20)14(16)15(12)17/h6-7,13H,5,8H2,1-4H3. The van der Waals surface area contributed by atoms with E-state index in [1.54, 1.807) is 14.0 Å². The number of hydrogen-bond acceptors (Lipinski definition) is 3. The van der Waals surface area contributed by atoms with Crippen LogP contribution in [0.3, 0.4) is 0 Å². The minimum absolute atomic E-state index is 0.0354. The van der Waals surface area contributed by atoms with E-state index in [1.807, 2.05) is 0 Å². The first kappa shape index (κ1) is 17.1. The summed E-state index contributed by atoms with van der Waals surface area (Å²) >= 11 is 0. The fourth-order valence-corrected chi connectivity index (χ4v) is 2.07. The average Bonchev–Trinajstić information content (AvgIpc) is 2.42. The maximum atomic E-state index is 14.2. The maximum Gasteiger partial charge on any atom is 0.302 e. The number of carbonyl (C=O) groups excluding carboxylic acids is 2. The third-order valence-electron chi connectivity index (χ3n) is 3.33. The zero-order valence-electron chi connectivity index (χ0n) is 12.6. The lowest BCUT2D eigenvalue weighted by molar-refractivity contribution is -0.142. The minimum Gasteiger partial charge on any atom is -0.461 e. The van der Waals surface area contributed by atoms with Gasteiger partial charge in [0.1, 0.15) is 6.61 Å². The van der Waals surface area contributed by atoms with Gasteiger partial charge in [0.05, 0.1) is 6.04 Å². The van der Waals surface area contributed by atoms with Gasteiger partial charge in [-0.1, -0.05) is 19.1 Å². The second-order valence-corrected chi connectivity index (χ2v) is 4.78. The van der Waals surface area contributed by atoms with Crippen LogP contribution in [0.2, 0.25) is 0 Å². The molecule has 1 atom stereocenters. The largest absolute Gasteiger partial charge is 0.461 e. The molecule has 0 aromatic heterocycles. The van der Waals surface area contributed by atoms with Crippen molar-refractivity contribution in [2.24, 2.45) is 0 Å². The Balaban J connectivity index is 3.12. The van der Waals surface area contributed by atoms with E-state index in [0.717, 1.165) is 0 Å². The van der Waals surface area contributed by atoms with Gasteiger partial charge in [0.2, 0.25) is 5.91 Å². The summed E-state index contributed by atoms with van der Waals surface area (Å²) in [6, 6.07) is 2.25. The normalized spacial score (nSPS) is 11.9. The summed E-state index contributed by atoms with van der Waals surface area (Å²) in [4.78, 5) is 23.5. The summed E-state index contributed by atoms with van der Waals surface area (Å²) in [5.74, 6) is -2.86. The summed E-state index contributed by atoms with van der Waals surface area (Å²) in [5, 5.41) is 0. The first-order valence-corrected chi connectivity index (χ1v) is 6.63. The number of hydrogen-bond donors (Lipinski definition) is 0. The van der Waals surface area contributed by atoms with Crippen LogP contribution in [0, 0.1) is 11.6 Å². The lowest BCUT2D eigenvalue weighted by Crippen LogP contribution is -2.29. The number of amides is 1. The number of nitrogens with zero attached hydrogens (tertiary/aromatic N) is 1. The van der Waals surface area contributed by atoms with Gasteiger partial charge in [-0.3, -0.25) is 9.59 Å². The lowest BCUT2D eigenvalue weighted by atomic mass is 10.00.